The first-order valence-electron chi connectivity index (χ1n) is 6.26. The monoisotopic (exact) mass is 271 g/mol. The molecule has 0 radical (unpaired) electrons. The van der Waals surface area contributed by atoms with E-state index in [0.29, 0.717) is 13.2 Å². The lowest BCUT2D eigenvalue weighted by molar-refractivity contribution is -0.0125. The highest BCUT2D eigenvalue weighted by Crippen LogP contribution is 2.20. The van der Waals surface area contributed by atoms with Crippen LogP contribution in [-0.2, 0) is 9.47 Å². The molecule has 0 aliphatic rings. The molecule has 1 aromatic rings. The number of rotatable bonds is 8. The summed E-state index contributed by atoms with van der Waals surface area (Å²) in [4.78, 5) is 0. The number of halogens is 1. The van der Waals surface area contributed by atoms with Gasteiger partial charge in [-0.25, -0.2) is 0 Å². The maximum atomic E-state index is 5.99. The van der Waals surface area contributed by atoms with E-state index in [1.54, 1.807) is 0 Å². The zero-order valence-electron chi connectivity index (χ0n) is 11.3. The van der Waals surface area contributed by atoms with Gasteiger partial charge in [-0.15, -0.1) is 0 Å². The summed E-state index contributed by atoms with van der Waals surface area (Å²) in [5, 5.41) is 3.86. The van der Waals surface area contributed by atoms with Crippen molar-refractivity contribution in [3.05, 3.63) is 34.9 Å². The third-order valence-corrected chi connectivity index (χ3v) is 2.70. The SMILES string of the molecule is CNCC(OCCOC(C)C)c1cccc(Cl)c1. The van der Waals surface area contributed by atoms with Crippen molar-refractivity contribution >= 4 is 11.6 Å². The number of hydrogen-bond donors (Lipinski definition) is 1. The summed E-state index contributed by atoms with van der Waals surface area (Å²) in [5.74, 6) is 0. The summed E-state index contributed by atoms with van der Waals surface area (Å²) in [7, 11) is 1.91. The lowest BCUT2D eigenvalue weighted by Gasteiger charge is -2.19. The van der Waals surface area contributed by atoms with Crippen LogP contribution in [0.1, 0.15) is 25.5 Å². The van der Waals surface area contributed by atoms with Crippen LogP contribution in [0.25, 0.3) is 0 Å². The molecule has 1 atom stereocenters. The first-order chi connectivity index (χ1) is 8.63. The van der Waals surface area contributed by atoms with Gasteiger partial charge in [0.1, 0.15) is 0 Å². The van der Waals surface area contributed by atoms with Crippen molar-refractivity contribution in [1.29, 1.82) is 0 Å². The van der Waals surface area contributed by atoms with Gasteiger partial charge < -0.3 is 14.8 Å². The number of benzene rings is 1. The van der Waals surface area contributed by atoms with Crippen LogP contribution in [0.3, 0.4) is 0 Å². The molecule has 0 aromatic heterocycles. The Morgan fingerprint density at radius 2 is 1.94 bits per heavy atom. The standard InChI is InChI=1S/C14H22ClNO2/c1-11(2)17-7-8-18-14(10-16-3)12-5-4-6-13(15)9-12/h4-6,9,11,14,16H,7-8,10H2,1-3H3. The van der Waals surface area contributed by atoms with E-state index >= 15 is 0 Å². The van der Waals surface area contributed by atoms with Crippen molar-refractivity contribution in [2.75, 3.05) is 26.8 Å². The highest BCUT2D eigenvalue weighted by atomic mass is 35.5. The molecule has 0 saturated carbocycles. The molecule has 1 N–H and O–H groups in total. The Kier molecular flexibility index (Phi) is 7.28. The Morgan fingerprint density at radius 1 is 1.22 bits per heavy atom. The van der Waals surface area contributed by atoms with E-state index in [4.69, 9.17) is 21.1 Å². The minimum Gasteiger partial charge on any atom is -0.376 e. The molecule has 0 aliphatic heterocycles. The Labute approximate surface area is 114 Å². The van der Waals surface area contributed by atoms with Crippen LogP contribution in [0, 0.1) is 0 Å². The second-order valence-corrected chi connectivity index (χ2v) is 4.83. The molecule has 1 rings (SSSR count). The van der Waals surface area contributed by atoms with E-state index < -0.39 is 0 Å². The smallest absolute Gasteiger partial charge is 0.0950 e. The van der Waals surface area contributed by atoms with Gasteiger partial charge in [0, 0.05) is 11.6 Å². The van der Waals surface area contributed by atoms with Gasteiger partial charge in [-0.1, -0.05) is 23.7 Å². The molecule has 1 unspecified atom stereocenters. The number of nitrogens with one attached hydrogen (secondary N) is 1. The lowest BCUT2D eigenvalue weighted by Crippen LogP contribution is -2.21. The summed E-state index contributed by atoms with van der Waals surface area (Å²) >= 11 is 5.99. The van der Waals surface area contributed by atoms with Gasteiger partial charge in [0.25, 0.3) is 0 Å². The lowest BCUT2D eigenvalue weighted by atomic mass is 10.1. The van der Waals surface area contributed by atoms with Gasteiger partial charge in [-0.3, -0.25) is 0 Å². The molecular formula is C14H22ClNO2. The van der Waals surface area contributed by atoms with E-state index in [9.17, 15) is 0 Å². The van der Waals surface area contributed by atoms with Crippen LogP contribution in [-0.4, -0.2) is 32.9 Å². The molecule has 0 aliphatic carbocycles. The minimum atomic E-state index is 0.00413. The molecule has 1 aromatic carbocycles. The Balaban J connectivity index is 2.49. The molecule has 102 valence electrons. The normalized spacial score (nSPS) is 12.9. The fraction of sp³-hybridized carbons (Fsp3) is 0.571. The largest absolute Gasteiger partial charge is 0.376 e. The quantitative estimate of drug-likeness (QED) is 0.737. The predicted octanol–water partition coefficient (Wildman–Crippen LogP) is 3.04. The summed E-state index contributed by atoms with van der Waals surface area (Å²) in [5.41, 5.74) is 1.08. The zero-order chi connectivity index (χ0) is 13.4. The minimum absolute atomic E-state index is 0.00413. The second-order valence-electron chi connectivity index (χ2n) is 4.39. The van der Waals surface area contributed by atoms with Crippen LogP contribution >= 0.6 is 11.6 Å². The fourth-order valence-electron chi connectivity index (χ4n) is 1.64. The third kappa shape index (κ3) is 5.83. The maximum absolute atomic E-state index is 5.99. The molecular weight excluding hydrogens is 250 g/mol. The van der Waals surface area contributed by atoms with Crippen molar-refractivity contribution in [2.24, 2.45) is 0 Å². The molecule has 4 heteroatoms. The summed E-state index contributed by atoms with van der Waals surface area (Å²) in [6.07, 6.45) is 0.243. The topological polar surface area (TPSA) is 30.5 Å². The number of ether oxygens (including phenoxy) is 2. The van der Waals surface area contributed by atoms with Crippen molar-refractivity contribution in [1.82, 2.24) is 5.32 Å². The Morgan fingerprint density at radius 3 is 2.56 bits per heavy atom. The van der Waals surface area contributed by atoms with Gasteiger partial charge in [-0.2, -0.15) is 0 Å². The van der Waals surface area contributed by atoms with Gasteiger partial charge in [0.2, 0.25) is 0 Å². The van der Waals surface area contributed by atoms with Crippen LogP contribution in [0.5, 0.6) is 0 Å². The van der Waals surface area contributed by atoms with Crippen LogP contribution in [0.15, 0.2) is 24.3 Å². The molecule has 18 heavy (non-hydrogen) atoms. The fourth-order valence-corrected chi connectivity index (χ4v) is 1.84. The van der Waals surface area contributed by atoms with E-state index in [0.717, 1.165) is 17.1 Å². The van der Waals surface area contributed by atoms with Crippen molar-refractivity contribution in [3.63, 3.8) is 0 Å². The van der Waals surface area contributed by atoms with Gasteiger partial charge >= 0.3 is 0 Å². The second kappa shape index (κ2) is 8.48. The molecule has 0 bridgehead atoms. The summed E-state index contributed by atoms with van der Waals surface area (Å²) in [6.45, 7) is 5.97. The van der Waals surface area contributed by atoms with Gasteiger partial charge in [-0.05, 0) is 38.6 Å². The molecule has 0 amide bonds. The van der Waals surface area contributed by atoms with Crippen LogP contribution in [0.2, 0.25) is 5.02 Å². The van der Waals surface area contributed by atoms with E-state index in [2.05, 4.69) is 5.32 Å². The van der Waals surface area contributed by atoms with E-state index in [-0.39, 0.29) is 12.2 Å². The zero-order valence-corrected chi connectivity index (χ0v) is 12.0. The van der Waals surface area contributed by atoms with Crippen LogP contribution in [0.4, 0.5) is 0 Å². The summed E-state index contributed by atoms with van der Waals surface area (Å²) < 4.78 is 11.3. The molecule has 0 fully saturated rings. The first kappa shape index (κ1) is 15.4. The number of hydrogen-bond acceptors (Lipinski definition) is 3. The van der Waals surface area contributed by atoms with Crippen LogP contribution < -0.4 is 5.32 Å². The molecule has 0 spiro atoms. The summed E-state index contributed by atoms with van der Waals surface area (Å²) in [6, 6.07) is 7.77. The maximum Gasteiger partial charge on any atom is 0.0950 e. The number of likely N-dealkylation sites (N-methyl/N-ethyl adjacent to an activating group) is 1. The van der Waals surface area contributed by atoms with Crippen molar-refractivity contribution in [2.45, 2.75) is 26.1 Å². The van der Waals surface area contributed by atoms with E-state index in [1.165, 1.54) is 0 Å². The van der Waals surface area contributed by atoms with Crippen molar-refractivity contribution in [3.8, 4) is 0 Å². The molecule has 0 heterocycles. The molecule has 0 saturated heterocycles. The Hall–Kier alpha value is -0.610. The van der Waals surface area contributed by atoms with Crippen molar-refractivity contribution < 1.29 is 9.47 Å². The highest BCUT2D eigenvalue weighted by Gasteiger charge is 2.11. The van der Waals surface area contributed by atoms with Gasteiger partial charge in [0.15, 0.2) is 0 Å². The Bertz CT molecular complexity index is 344. The third-order valence-electron chi connectivity index (χ3n) is 2.46. The molecule has 3 nitrogen and oxygen atoms in total. The first-order valence-corrected chi connectivity index (χ1v) is 6.64. The highest BCUT2D eigenvalue weighted by molar-refractivity contribution is 6.30. The predicted molar refractivity (Wildman–Crippen MR) is 75.2 cm³/mol. The van der Waals surface area contributed by atoms with Gasteiger partial charge in [0.05, 0.1) is 25.4 Å². The van der Waals surface area contributed by atoms with E-state index in [1.807, 2.05) is 45.2 Å². The average Bonchev–Trinajstić information content (AvgIpc) is 2.33. The average molecular weight is 272 g/mol.